The molecule has 0 atom stereocenters. The van der Waals surface area contributed by atoms with Crippen molar-refractivity contribution in [2.45, 2.75) is 21.8 Å². The van der Waals surface area contributed by atoms with Gasteiger partial charge in [-0.1, -0.05) is 149 Å². The van der Waals surface area contributed by atoms with Crippen LogP contribution in [0.25, 0.3) is 29.4 Å². The summed E-state index contributed by atoms with van der Waals surface area (Å²) in [7, 11) is 28.9. The molecule has 8 aromatic rings. The molecule has 9 rings (SSSR count). The lowest BCUT2D eigenvalue weighted by atomic mass is 9.90. The normalized spacial score (nSPS) is 11.0. The smallest absolute Gasteiger partial charge is 0.199 e. The number of nitrogens with zero attached hydrogens (tertiary/aromatic N) is 7. The third-order valence-corrected chi connectivity index (χ3v) is 14.5. The maximum Gasteiger partial charge on any atom is 0.199 e. The van der Waals surface area contributed by atoms with Crippen LogP contribution in [0.3, 0.4) is 0 Å². The SMILES string of the molecule is C.C.C=c1ccc(=C(c2ccc(N(C)C)cc2)c2ccc(N(C)C)cc2)cc1.CC=c1ccc(=C(c2ccc(N(C)C)cc2)c2ccc(N(C)C)cc2)cc1.CN(C)c1ccc(C(=C2C=CC(=[N+](C)C)C=C2)c2ccc(N(C)C)cc2)cc1. The molecule has 0 fully saturated rings. The van der Waals surface area contributed by atoms with Crippen LogP contribution in [0.2, 0.25) is 0 Å². The minimum absolute atomic E-state index is 0. The lowest BCUT2D eigenvalue weighted by molar-refractivity contribution is -0.462. The molecule has 0 aliphatic heterocycles. The van der Waals surface area contributed by atoms with E-state index < -0.39 is 0 Å². The van der Waals surface area contributed by atoms with Gasteiger partial charge < -0.3 is 29.4 Å². The van der Waals surface area contributed by atoms with E-state index >= 15 is 0 Å². The van der Waals surface area contributed by atoms with Crippen LogP contribution >= 0.6 is 0 Å². The summed E-state index contributed by atoms with van der Waals surface area (Å²) in [6.07, 6.45) is 10.9. The van der Waals surface area contributed by atoms with Crippen molar-refractivity contribution in [1.82, 2.24) is 0 Å². The summed E-state index contributed by atoms with van der Waals surface area (Å²) in [5.74, 6) is 0. The van der Waals surface area contributed by atoms with E-state index in [4.69, 9.17) is 0 Å². The van der Waals surface area contributed by atoms with Gasteiger partial charge in [0.05, 0.1) is 0 Å². The third kappa shape index (κ3) is 17.0. The molecule has 0 heterocycles. The van der Waals surface area contributed by atoms with E-state index in [2.05, 4.69) is 371 Å². The van der Waals surface area contributed by atoms with Gasteiger partial charge in [-0.15, -0.1) is 0 Å². The minimum Gasteiger partial charge on any atom is -0.378 e. The highest BCUT2D eigenvalue weighted by Gasteiger charge is 2.15. The third-order valence-electron chi connectivity index (χ3n) is 14.5. The van der Waals surface area contributed by atoms with E-state index in [1.165, 1.54) is 111 Å². The van der Waals surface area contributed by atoms with Crippen LogP contribution in [-0.4, -0.2) is 109 Å². The summed E-state index contributed by atoms with van der Waals surface area (Å²) in [6, 6.07) is 69.8. The summed E-state index contributed by atoms with van der Waals surface area (Å²) < 4.78 is 2.13. The van der Waals surface area contributed by atoms with Crippen molar-refractivity contribution in [3.8, 4) is 0 Å². The Labute approximate surface area is 499 Å². The van der Waals surface area contributed by atoms with Crippen LogP contribution < -0.4 is 50.3 Å². The van der Waals surface area contributed by atoms with Gasteiger partial charge in [-0.25, -0.2) is 4.58 Å². The second kappa shape index (κ2) is 30.1. The molecule has 0 bridgehead atoms. The zero-order valence-corrected chi connectivity index (χ0v) is 50.7. The van der Waals surface area contributed by atoms with Gasteiger partial charge in [-0.05, 0) is 168 Å². The van der Waals surface area contributed by atoms with Crippen molar-refractivity contribution in [2.24, 2.45) is 0 Å². The van der Waals surface area contributed by atoms with Gasteiger partial charge >= 0.3 is 0 Å². The Morgan fingerprint density at radius 1 is 0.313 bits per heavy atom. The highest BCUT2D eigenvalue weighted by atomic mass is 15.1. The first-order valence-corrected chi connectivity index (χ1v) is 27.7. The molecule has 0 unspecified atom stereocenters. The van der Waals surface area contributed by atoms with Gasteiger partial charge in [-0.3, -0.25) is 0 Å². The predicted molar refractivity (Wildman–Crippen MR) is 370 cm³/mol. The van der Waals surface area contributed by atoms with E-state index in [9.17, 15) is 0 Å². The molecule has 83 heavy (non-hydrogen) atoms. The summed E-state index contributed by atoms with van der Waals surface area (Å²) >= 11 is 0. The zero-order valence-electron chi connectivity index (χ0n) is 50.7. The molecule has 0 amide bonds. The average molecular weight is 1100 g/mol. The minimum atomic E-state index is 0. The average Bonchev–Trinajstić information content (AvgIpc) is 3.56. The maximum absolute atomic E-state index is 4.01. The lowest BCUT2D eigenvalue weighted by Crippen LogP contribution is -2.13. The molecule has 0 radical (unpaired) electrons. The fraction of sp³-hybridized carbons (Fsp3) is 0.224. The Morgan fingerprint density at radius 2 is 0.542 bits per heavy atom. The van der Waals surface area contributed by atoms with Crippen molar-refractivity contribution < 1.29 is 4.58 Å². The van der Waals surface area contributed by atoms with Gasteiger partial charge in [0.2, 0.25) is 0 Å². The van der Waals surface area contributed by atoms with Crippen LogP contribution in [0.4, 0.5) is 34.1 Å². The number of benzene rings is 8. The number of rotatable bonds is 12. The van der Waals surface area contributed by atoms with Crippen LogP contribution in [0.5, 0.6) is 0 Å². The van der Waals surface area contributed by atoms with Crippen molar-refractivity contribution in [2.75, 3.05) is 128 Å². The number of anilines is 6. The quantitative estimate of drug-likeness (QED) is 0.113. The molecule has 0 spiro atoms. The van der Waals surface area contributed by atoms with Gasteiger partial charge in [0.25, 0.3) is 0 Å². The second-order valence-electron chi connectivity index (χ2n) is 21.8. The summed E-state index contributed by atoms with van der Waals surface area (Å²) in [4.78, 5) is 12.7. The Balaban J connectivity index is 0.000000225. The Bertz CT molecular complexity index is 3520. The van der Waals surface area contributed by atoms with Crippen LogP contribution in [0.1, 0.15) is 55.2 Å². The zero-order chi connectivity index (χ0) is 58.3. The molecule has 0 saturated heterocycles. The van der Waals surface area contributed by atoms with Crippen LogP contribution in [0.15, 0.2) is 224 Å². The lowest BCUT2D eigenvalue weighted by Gasteiger charge is -2.18. The van der Waals surface area contributed by atoms with Gasteiger partial charge in [-0.2, -0.15) is 0 Å². The molecular weight excluding hydrogens is 1010 g/mol. The fourth-order valence-corrected chi connectivity index (χ4v) is 9.50. The summed E-state index contributed by atoms with van der Waals surface area (Å²) in [5, 5.41) is 4.70. The molecule has 430 valence electrons. The van der Waals surface area contributed by atoms with Crippen molar-refractivity contribution in [3.05, 3.63) is 278 Å². The molecule has 7 nitrogen and oxygen atoms in total. The first-order chi connectivity index (χ1) is 38.8. The molecular formula is C76H92N7+. The molecule has 7 heteroatoms. The predicted octanol–water partition coefficient (Wildman–Crippen LogP) is 13.1. The van der Waals surface area contributed by atoms with E-state index in [0.29, 0.717) is 0 Å². The van der Waals surface area contributed by atoms with E-state index in [1.807, 2.05) is 0 Å². The fourth-order valence-electron chi connectivity index (χ4n) is 9.50. The first kappa shape index (κ1) is 64.7. The van der Waals surface area contributed by atoms with E-state index in [1.54, 1.807) is 0 Å². The van der Waals surface area contributed by atoms with Crippen molar-refractivity contribution >= 4 is 69.2 Å². The molecule has 8 aromatic carbocycles. The number of allylic oxidation sites excluding steroid dienone is 5. The Morgan fingerprint density at radius 3 is 0.759 bits per heavy atom. The topological polar surface area (TPSA) is 22.5 Å². The molecule has 0 N–H and O–H groups in total. The van der Waals surface area contributed by atoms with E-state index in [-0.39, 0.29) is 14.9 Å². The molecule has 1 aliphatic rings. The Kier molecular flexibility index (Phi) is 23.5. The highest BCUT2D eigenvalue weighted by molar-refractivity contribution is 6.04. The number of hydrogen-bond donors (Lipinski definition) is 0. The monoisotopic (exact) mass is 1100 g/mol. The largest absolute Gasteiger partial charge is 0.378 e. The summed E-state index contributed by atoms with van der Waals surface area (Å²) in [5.41, 5.74) is 20.7. The number of hydrogen-bond acceptors (Lipinski definition) is 6. The maximum atomic E-state index is 4.01. The molecule has 0 aromatic heterocycles. The van der Waals surface area contributed by atoms with Gasteiger partial charge in [0.1, 0.15) is 14.1 Å². The molecule has 0 saturated carbocycles. The molecule has 1 aliphatic carbocycles. The highest BCUT2D eigenvalue weighted by Crippen LogP contribution is 2.32. The van der Waals surface area contributed by atoms with E-state index in [0.717, 1.165) is 5.22 Å². The van der Waals surface area contributed by atoms with Gasteiger partial charge in [0, 0.05) is 131 Å². The van der Waals surface area contributed by atoms with Crippen molar-refractivity contribution in [3.63, 3.8) is 0 Å². The van der Waals surface area contributed by atoms with Crippen molar-refractivity contribution in [1.29, 1.82) is 0 Å². The second-order valence-corrected chi connectivity index (χ2v) is 21.8. The van der Waals surface area contributed by atoms with Crippen LogP contribution in [0, 0.1) is 0 Å². The van der Waals surface area contributed by atoms with Gasteiger partial charge in [0.15, 0.2) is 5.71 Å². The van der Waals surface area contributed by atoms with Crippen LogP contribution in [-0.2, 0) is 0 Å². The first-order valence-electron chi connectivity index (χ1n) is 27.7. The Hall–Kier alpha value is -9.07. The standard InChI is InChI=1S/C25H30N3.C25H28N2.C24H26N2.2CH4/c1-26(2)22-13-7-19(8-14-22)25(20-9-15-23(16-10-20)27(3)4)21-11-17-24(18-12-21)28(5)6;1-6-19-7-9-20(10-8-19)25(21-11-15-23(16-12-21)26(2)3)22-13-17-24(18-14-22)27(4)5;1-18-6-8-19(9-7-18)24(20-10-14-22(15-11-20)25(2)3)21-12-16-23(17-13-21)26(4)5;;/h7-18H,1-6H3;6-18H,1-5H3;6-17H,1H2,2-5H3;2*1H4/q+1;;;;. The summed E-state index contributed by atoms with van der Waals surface area (Å²) in [6.45, 7) is 6.08.